The van der Waals surface area contributed by atoms with E-state index in [1.165, 1.54) is 17.7 Å². The van der Waals surface area contributed by atoms with Crippen LogP contribution in [0.25, 0.3) is 0 Å². The summed E-state index contributed by atoms with van der Waals surface area (Å²) in [6.07, 6.45) is 1.56. The van der Waals surface area contributed by atoms with Gasteiger partial charge < -0.3 is 4.43 Å². The lowest BCUT2D eigenvalue weighted by atomic mass is 10.1. The van der Waals surface area contributed by atoms with E-state index >= 15 is 0 Å². The van der Waals surface area contributed by atoms with Gasteiger partial charge in [-0.05, 0) is 49.8 Å². The summed E-state index contributed by atoms with van der Waals surface area (Å²) in [6.45, 7) is 8.01. The van der Waals surface area contributed by atoms with E-state index in [9.17, 15) is 4.39 Å². The fraction of sp³-hybridized carbons (Fsp3) is 0.308. The number of benzene rings is 1. The van der Waals surface area contributed by atoms with E-state index in [1.807, 2.05) is 26.6 Å². The van der Waals surface area contributed by atoms with Crippen LogP contribution in [0, 0.1) is 12.7 Å². The first kappa shape index (κ1) is 14.9. The number of aliphatic imine (C=N–C) groups is 1. The van der Waals surface area contributed by atoms with Gasteiger partial charge in [-0.15, -0.1) is 0 Å². The highest BCUT2D eigenvalue weighted by molar-refractivity contribution is 6.70. The van der Waals surface area contributed by atoms with Crippen LogP contribution in [-0.2, 0) is 4.43 Å². The van der Waals surface area contributed by atoms with E-state index in [-0.39, 0.29) is 5.82 Å². The van der Waals surface area contributed by atoms with Gasteiger partial charge in [-0.2, -0.15) is 0 Å². The monoisotopic (exact) mass is 285 g/mol. The average molecular weight is 286 g/mol. The number of halogens is 2. The number of hydrogen-bond acceptors (Lipinski definition) is 2. The van der Waals surface area contributed by atoms with Crippen LogP contribution in [0.4, 0.5) is 4.39 Å². The summed E-state index contributed by atoms with van der Waals surface area (Å²) in [5.74, 6) is 0.0732. The molecule has 0 aliphatic rings. The summed E-state index contributed by atoms with van der Waals surface area (Å²) in [5.41, 5.74) is 2.95. The first-order valence-corrected chi connectivity index (χ1v) is 9.46. The zero-order valence-corrected chi connectivity index (χ0v) is 12.8. The maximum atomic E-state index is 13.1. The fourth-order valence-electron chi connectivity index (χ4n) is 1.27. The van der Waals surface area contributed by atoms with Crippen LogP contribution >= 0.6 is 11.6 Å². The number of aryl methyl sites for hydroxylation is 1. The Morgan fingerprint density at radius 3 is 2.61 bits per heavy atom. The van der Waals surface area contributed by atoms with Gasteiger partial charge in [-0.1, -0.05) is 17.7 Å². The van der Waals surface area contributed by atoms with Crippen LogP contribution in [0.2, 0.25) is 19.6 Å². The molecule has 2 nitrogen and oxygen atoms in total. The van der Waals surface area contributed by atoms with Crippen LogP contribution in [-0.4, -0.2) is 14.5 Å². The molecule has 5 heteroatoms. The molecule has 0 amide bonds. The van der Waals surface area contributed by atoms with Gasteiger partial charge >= 0.3 is 0 Å². The molecular weight excluding hydrogens is 269 g/mol. The third-order valence-electron chi connectivity index (χ3n) is 2.08. The van der Waals surface area contributed by atoms with Gasteiger partial charge in [0.15, 0.2) is 0 Å². The maximum absolute atomic E-state index is 13.1. The summed E-state index contributed by atoms with van der Waals surface area (Å²) >= 11 is 5.66. The molecule has 0 aromatic heterocycles. The zero-order valence-electron chi connectivity index (χ0n) is 11.0. The van der Waals surface area contributed by atoms with Crippen LogP contribution < -0.4 is 0 Å². The van der Waals surface area contributed by atoms with Crippen molar-refractivity contribution in [3.05, 3.63) is 46.6 Å². The molecule has 1 aromatic rings. The molecular formula is C13H17ClFNOSi. The largest absolute Gasteiger partial charge is 0.531 e. The molecule has 0 aliphatic carbocycles. The standard InChI is InChI=1S/C13H17ClFNOSi/c1-10-5-6-12(15)7-11(10)9-16-13(8-14)17-18(2,3)4/h5-9H,1-4H3/b13-8-,16-9?. The first-order valence-electron chi connectivity index (χ1n) is 5.61. The Morgan fingerprint density at radius 1 is 1.39 bits per heavy atom. The minimum atomic E-state index is -1.74. The Bertz CT molecular complexity index is 480. The molecule has 0 bridgehead atoms. The van der Waals surface area contributed by atoms with Gasteiger partial charge in [0.1, 0.15) is 5.82 Å². The van der Waals surface area contributed by atoms with Crippen molar-refractivity contribution in [2.75, 3.05) is 0 Å². The molecule has 0 N–H and O–H groups in total. The van der Waals surface area contributed by atoms with E-state index < -0.39 is 8.32 Å². The molecule has 0 aliphatic heterocycles. The van der Waals surface area contributed by atoms with Crippen molar-refractivity contribution in [2.45, 2.75) is 26.6 Å². The van der Waals surface area contributed by atoms with Crippen molar-refractivity contribution in [3.63, 3.8) is 0 Å². The number of hydrogen-bond donors (Lipinski definition) is 0. The molecule has 0 radical (unpaired) electrons. The molecule has 98 valence electrons. The maximum Gasteiger partial charge on any atom is 0.244 e. The molecule has 1 aromatic carbocycles. The fourth-order valence-corrected chi connectivity index (χ4v) is 2.19. The highest BCUT2D eigenvalue weighted by Crippen LogP contribution is 2.14. The molecule has 0 unspecified atom stereocenters. The van der Waals surface area contributed by atoms with Crippen molar-refractivity contribution >= 4 is 26.1 Å². The van der Waals surface area contributed by atoms with Crippen LogP contribution in [0.15, 0.2) is 34.6 Å². The lowest BCUT2D eigenvalue weighted by molar-refractivity contribution is 0.419. The Hall–Kier alpha value is -1.13. The van der Waals surface area contributed by atoms with E-state index in [1.54, 1.807) is 12.3 Å². The second kappa shape index (κ2) is 6.16. The highest BCUT2D eigenvalue weighted by atomic mass is 35.5. The summed E-state index contributed by atoms with van der Waals surface area (Å²) in [7, 11) is -1.74. The second-order valence-electron chi connectivity index (χ2n) is 4.92. The molecule has 1 rings (SSSR count). The number of rotatable bonds is 4. The smallest absolute Gasteiger partial charge is 0.244 e. The van der Waals surface area contributed by atoms with Crippen LogP contribution in [0.1, 0.15) is 11.1 Å². The predicted octanol–water partition coefficient (Wildman–Crippen LogP) is 4.44. The zero-order chi connectivity index (χ0) is 13.8. The normalized spacial score (nSPS) is 13.1. The summed E-state index contributed by atoms with van der Waals surface area (Å²) in [4.78, 5) is 4.15. The van der Waals surface area contributed by atoms with Crippen LogP contribution in [0.5, 0.6) is 0 Å². The molecule has 0 saturated carbocycles. The predicted molar refractivity (Wildman–Crippen MR) is 77.1 cm³/mol. The molecule has 0 atom stereocenters. The van der Waals surface area contributed by atoms with Crippen LogP contribution in [0.3, 0.4) is 0 Å². The van der Waals surface area contributed by atoms with Crippen molar-refractivity contribution in [1.29, 1.82) is 0 Å². The van der Waals surface area contributed by atoms with Gasteiger partial charge in [0.05, 0.1) is 5.54 Å². The van der Waals surface area contributed by atoms with E-state index in [0.29, 0.717) is 11.4 Å². The van der Waals surface area contributed by atoms with Gasteiger partial charge in [-0.3, -0.25) is 0 Å². The first-order chi connectivity index (χ1) is 8.31. The average Bonchev–Trinajstić information content (AvgIpc) is 2.27. The van der Waals surface area contributed by atoms with Gasteiger partial charge in [0.25, 0.3) is 0 Å². The summed E-state index contributed by atoms with van der Waals surface area (Å²) < 4.78 is 18.8. The number of nitrogens with zero attached hydrogens (tertiary/aromatic N) is 1. The van der Waals surface area contributed by atoms with E-state index in [2.05, 4.69) is 4.99 Å². The molecule has 0 saturated heterocycles. The quantitative estimate of drug-likeness (QED) is 0.455. The van der Waals surface area contributed by atoms with Crippen molar-refractivity contribution in [3.8, 4) is 0 Å². The summed E-state index contributed by atoms with van der Waals surface area (Å²) in [5, 5.41) is 0. The van der Waals surface area contributed by atoms with E-state index in [4.69, 9.17) is 16.0 Å². The third-order valence-corrected chi connectivity index (χ3v) is 3.08. The minimum Gasteiger partial charge on any atom is -0.531 e. The van der Waals surface area contributed by atoms with Gasteiger partial charge in [0, 0.05) is 6.21 Å². The Balaban J connectivity index is 2.88. The topological polar surface area (TPSA) is 21.6 Å². The van der Waals surface area contributed by atoms with Gasteiger partial charge in [0.2, 0.25) is 14.2 Å². The molecule has 0 fully saturated rings. The van der Waals surface area contributed by atoms with Crippen molar-refractivity contribution in [1.82, 2.24) is 0 Å². The van der Waals surface area contributed by atoms with Crippen molar-refractivity contribution in [2.24, 2.45) is 4.99 Å². The molecule has 0 heterocycles. The SMILES string of the molecule is Cc1ccc(F)cc1C=N/C(=C/Cl)O[Si](C)(C)C. The Labute approximate surface area is 113 Å². The Morgan fingerprint density at radius 2 is 2.06 bits per heavy atom. The highest BCUT2D eigenvalue weighted by Gasteiger charge is 2.17. The van der Waals surface area contributed by atoms with E-state index in [0.717, 1.165) is 5.56 Å². The van der Waals surface area contributed by atoms with Crippen molar-refractivity contribution < 1.29 is 8.82 Å². The lowest BCUT2D eigenvalue weighted by Gasteiger charge is -2.18. The van der Waals surface area contributed by atoms with Gasteiger partial charge in [-0.25, -0.2) is 9.38 Å². The lowest BCUT2D eigenvalue weighted by Crippen LogP contribution is -2.24. The minimum absolute atomic E-state index is 0.287. The second-order valence-corrected chi connectivity index (χ2v) is 9.57. The summed E-state index contributed by atoms with van der Waals surface area (Å²) in [6, 6.07) is 4.56. The Kier molecular flexibility index (Phi) is 5.11. The molecule has 0 spiro atoms. The third kappa shape index (κ3) is 5.02. The molecule has 18 heavy (non-hydrogen) atoms.